The molecule has 0 aromatic heterocycles. The lowest BCUT2D eigenvalue weighted by Crippen LogP contribution is -2.52. The molecule has 126 valence electrons. The van der Waals surface area contributed by atoms with Gasteiger partial charge in [0.2, 0.25) is 5.91 Å². The second-order valence-corrected chi connectivity index (χ2v) is 6.64. The SMILES string of the molecule is CO[C@@H]1CN[C@H](C(=O)N2CCN(Cc3cccc(C)c3)CC2)C1. The van der Waals surface area contributed by atoms with Crippen LogP contribution in [0.25, 0.3) is 0 Å². The van der Waals surface area contributed by atoms with Crippen molar-refractivity contribution in [1.82, 2.24) is 15.1 Å². The second-order valence-electron chi connectivity index (χ2n) is 6.64. The number of piperazine rings is 1. The molecule has 1 N–H and O–H groups in total. The maximum atomic E-state index is 12.6. The van der Waals surface area contributed by atoms with Gasteiger partial charge in [-0.05, 0) is 18.9 Å². The highest BCUT2D eigenvalue weighted by molar-refractivity contribution is 5.82. The van der Waals surface area contributed by atoms with Crippen molar-refractivity contribution in [2.45, 2.75) is 32.0 Å². The van der Waals surface area contributed by atoms with Crippen LogP contribution in [0.4, 0.5) is 0 Å². The third-order valence-corrected chi connectivity index (χ3v) is 4.89. The molecule has 1 aromatic rings. The smallest absolute Gasteiger partial charge is 0.239 e. The van der Waals surface area contributed by atoms with Gasteiger partial charge in [-0.3, -0.25) is 9.69 Å². The number of hydrogen-bond donors (Lipinski definition) is 1. The first kappa shape index (κ1) is 16.4. The molecule has 2 fully saturated rings. The van der Waals surface area contributed by atoms with Crippen LogP contribution in [0.5, 0.6) is 0 Å². The Bertz CT molecular complexity index is 541. The Kier molecular flexibility index (Phi) is 5.30. The monoisotopic (exact) mass is 317 g/mol. The Hall–Kier alpha value is -1.43. The van der Waals surface area contributed by atoms with Gasteiger partial charge in [-0.25, -0.2) is 0 Å². The zero-order valence-electron chi connectivity index (χ0n) is 14.1. The fourth-order valence-electron chi connectivity index (χ4n) is 3.49. The number of amides is 1. The molecule has 0 spiro atoms. The van der Waals surface area contributed by atoms with Crippen LogP contribution < -0.4 is 5.32 Å². The summed E-state index contributed by atoms with van der Waals surface area (Å²) in [5.41, 5.74) is 2.65. The van der Waals surface area contributed by atoms with Gasteiger partial charge >= 0.3 is 0 Å². The van der Waals surface area contributed by atoms with Gasteiger partial charge in [-0.2, -0.15) is 0 Å². The molecule has 0 unspecified atom stereocenters. The third kappa shape index (κ3) is 4.10. The summed E-state index contributed by atoms with van der Waals surface area (Å²) in [5.74, 6) is 0.236. The van der Waals surface area contributed by atoms with Crippen molar-refractivity contribution in [2.75, 3.05) is 39.8 Å². The van der Waals surface area contributed by atoms with Crippen molar-refractivity contribution in [2.24, 2.45) is 0 Å². The molecule has 1 aromatic carbocycles. The van der Waals surface area contributed by atoms with Gasteiger partial charge in [-0.1, -0.05) is 29.8 Å². The van der Waals surface area contributed by atoms with E-state index in [2.05, 4.69) is 41.4 Å². The number of nitrogens with one attached hydrogen (secondary N) is 1. The van der Waals surface area contributed by atoms with E-state index in [0.29, 0.717) is 0 Å². The van der Waals surface area contributed by atoms with Gasteiger partial charge in [0.25, 0.3) is 0 Å². The summed E-state index contributed by atoms with van der Waals surface area (Å²) in [7, 11) is 1.71. The first-order valence-corrected chi connectivity index (χ1v) is 8.48. The van der Waals surface area contributed by atoms with Gasteiger partial charge in [0.1, 0.15) is 0 Å². The highest BCUT2D eigenvalue weighted by Gasteiger charge is 2.33. The predicted octanol–water partition coefficient (Wildman–Crippen LogP) is 1.02. The van der Waals surface area contributed by atoms with Crippen LogP contribution in [0, 0.1) is 6.92 Å². The van der Waals surface area contributed by atoms with E-state index >= 15 is 0 Å². The summed E-state index contributed by atoms with van der Waals surface area (Å²) in [6, 6.07) is 8.59. The average Bonchev–Trinajstić information content (AvgIpc) is 3.04. The molecule has 2 aliphatic rings. The second kappa shape index (κ2) is 7.43. The molecule has 0 saturated carbocycles. The zero-order chi connectivity index (χ0) is 16.2. The highest BCUT2D eigenvalue weighted by atomic mass is 16.5. The van der Waals surface area contributed by atoms with Crippen LogP contribution in [-0.4, -0.2) is 67.7 Å². The summed E-state index contributed by atoms with van der Waals surface area (Å²) in [4.78, 5) is 17.0. The van der Waals surface area contributed by atoms with Crippen molar-refractivity contribution in [3.63, 3.8) is 0 Å². The number of aryl methyl sites for hydroxylation is 1. The van der Waals surface area contributed by atoms with Crippen LogP contribution in [0.2, 0.25) is 0 Å². The van der Waals surface area contributed by atoms with E-state index in [1.807, 2.05) is 4.90 Å². The summed E-state index contributed by atoms with van der Waals surface area (Å²) in [5, 5.41) is 3.28. The summed E-state index contributed by atoms with van der Waals surface area (Å²) >= 11 is 0. The topological polar surface area (TPSA) is 44.8 Å². The lowest BCUT2D eigenvalue weighted by atomic mass is 10.1. The first-order valence-electron chi connectivity index (χ1n) is 8.48. The average molecular weight is 317 g/mol. The number of methoxy groups -OCH3 is 1. The molecule has 2 heterocycles. The molecule has 2 saturated heterocycles. The molecule has 0 bridgehead atoms. The Morgan fingerprint density at radius 1 is 1.30 bits per heavy atom. The van der Waals surface area contributed by atoms with Crippen molar-refractivity contribution >= 4 is 5.91 Å². The van der Waals surface area contributed by atoms with E-state index in [0.717, 1.165) is 45.7 Å². The molecule has 1 amide bonds. The zero-order valence-corrected chi connectivity index (χ0v) is 14.1. The van der Waals surface area contributed by atoms with E-state index in [1.54, 1.807) is 7.11 Å². The van der Waals surface area contributed by atoms with Gasteiger partial charge in [-0.15, -0.1) is 0 Å². The van der Waals surface area contributed by atoms with Crippen molar-refractivity contribution in [3.05, 3.63) is 35.4 Å². The first-order chi connectivity index (χ1) is 11.2. The summed E-state index contributed by atoms with van der Waals surface area (Å²) < 4.78 is 5.33. The number of carbonyl (C=O) groups excluding carboxylic acids is 1. The third-order valence-electron chi connectivity index (χ3n) is 4.89. The Morgan fingerprint density at radius 3 is 2.74 bits per heavy atom. The van der Waals surface area contributed by atoms with E-state index in [1.165, 1.54) is 11.1 Å². The molecule has 2 atom stereocenters. The largest absolute Gasteiger partial charge is 0.380 e. The van der Waals surface area contributed by atoms with Crippen molar-refractivity contribution in [3.8, 4) is 0 Å². The molecule has 0 radical (unpaired) electrons. The quantitative estimate of drug-likeness (QED) is 0.900. The molecular formula is C18H27N3O2. The lowest BCUT2D eigenvalue weighted by Gasteiger charge is -2.36. The van der Waals surface area contributed by atoms with Gasteiger partial charge in [0.05, 0.1) is 12.1 Å². The summed E-state index contributed by atoms with van der Waals surface area (Å²) in [6.07, 6.45) is 0.963. The Labute approximate surface area is 138 Å². The van der Waals surface area contributed by atoms with E-state index in [-0.39, 0.29) is 18.1 Å². The number of ether oxygens (including phenoxy) is 1. The normalized spacial score (nSPS) is 25.7. The molecule has 0 aliphatic carbocycles. The highest BCUT2D eigenvalue weighted by Crippen LogP contribution is 2.15. The van der Waals surface area contributed by atoms with Crippen LogP contribution in [0.3, 0.4) is 0 Å². The fraction of sp³-hybridized carbons (Fsp3) is 0.611. The van der Waals surface area contributed by atoms with Gasteiger partial charge in [0.15, 0.2) is 0 Å². The molecule has 5 heteroatoms. The maximum absolute atomic E-state index is 12.6. The Balaban J connectivity index is 1.47. The van der Waals surface area contributed by atoms with Crippen LogP contribution >= 0.6 is 0 Å². The molecule has 23 heavy (non-hydrogen) atoms. The minimum absolute atomic E-state index is 0.0664. The van der Waals surface area contributed by atoms with E-state index in [4.69, 9.17) is 4.74 Å². The van der Waals surface area contributed by atoms with Gasteiger partial charge in [0, 0.05) is 46.4 Å². The fourth-order valence-corrected chi connectivity index (χ4v) is 3.49. The summed E-state index contributed by atoms with van der Waals surface area (Å²) in [6.45, 7) is 7.40. The number of rotatable bonds is 4. The van der Waals surface area contributed by atoms with E-state index < -0.39 is 0 Å². The maximum Gasteiger partial charge on any atom is 0.239 e. The molecular weight excluding hydrogens is 290 g/mol. The number of benzene rings is 1. The number of hydrogen-bond acceptors (Lipinski definition) is 4. The number of carbonyl (C=O) groups is 1. The van der Waals surface area contributed by atoms with E-state index in [9.17, 15) is 4.79 Å². The van der Waals surface area contributed by atoms with Crippen molar-refractivity contribution < 1.29 is 9.53 Å². The van der Waals surface area contributed by atoms with Crippen LogP contribution in [-0.2, 0) is 16.1 Å². The minimum Gasteiger partial charge on any atom is -0.380 e. The minimum atomic E-state index is -0.0664. The Morgan fingerprint density at radius 2 is 2.09 bits per heavy atom. The molecule has 5 nitrogen and oxygen atoms in total. The predicted molar refractivity (Wildman–Crippen MR) is 90.2 cm³/mol. The van der Waals surface area contributed by atoms with Crippen LogP contribution in [0.15, 0.2) is 24.3 Å². The van der Waals surface area contributed by atoms with Crippen LogP contribution in [0.1, 0.15) is 17.5 Å². The number of nitrogens with zero attached hydrogens (tertiary/aromatic N) is 2. The molecule has 2 aliphatic heterocycles. The lowest BCUT2D eigenvalue weighted by molar-refractivity contribution is -0.135. The molecule has 3 rings (SSSR count). The van der Waals surface area contributed by atoms with Crippen molar-refractivity contribution in [1.29, 1.82) is 0 Å². The standard InChI is InChI=1S/C18H27N3O2/c1-14-4-3-5-15(10-14)13-20-6-8-21(9-7-20)18(22)17-11-16(23-2)12-19-17/h3-5,10,16-17,19H,6-9,11-13H2,1-2H3/t16-,17-/m0/s1. The van der Waals surface area contributed by atoms with Gasteiger partial charge < -0.3 is 15.0 Å².